The lowest BCUT2D eigenvalue weighted by molar-refractivity contribution is 0.482. The fourth-order valence-electron chi connectivity index (χ4n) is 5.04. The summed E-state index contributed by atoms with van der Waals surface area (Å²) < 4.78 is 8.33. The summed E-state index contributed by atoms with van der Waals surface area (Å²) in [7, 11) is 0. The molecule has 0 radical (unpaired) electrons. The van der Waals surface area contributed by atoms with Crippen LogP contribution in [-0.4, -0.2) is 14.7 Å². The SMILES string of the molecule is Cc1ccc(Oc2ccc(N3C(=S)N[C@@H](c4ccccn4)[C@@H]3c3cccn3-c3ccccc3C)cc2)cc1. The van der Waals surface area contributed by atoms with Crippen molar-refractivity contribution in [3.63, 3.8) is 0 Å². The average Bonchev–Trinajstić information content (AvgIpc) is 3.55. The van der Waals surface area contributed by atoms with Crippen LogP contribution in [0.3, 0.4) is 0 Å². The molecule has 5 nitrogen and oxygen atoms in total. The summed E-state index contributed by atoms with van der Waals surface area (Å²) in [5.74, 6) is 1.59. The zero-order chi connectivity index (χ0) is 26.1. The van der Waals surface area contributed by atoms with Gasteiger partial charge in [-0.3, -0.25) is 4.98 Å². The van der Waals surface area contributed by atoms with Crippen molar-refractivity contribution in [2.45, 2.75) is 25.9 Å². The van der Waals surface area contributed by atoms with Gasteiger partial charge in [0.1, 0.15) is 17.5 Å². The summed E-state index contributed by atoms with van der Waals surface area (Å²) in [6, 6.07) is 34.6. The van der Waals surface area contributed by atoms with Crippen LogP contribution in [0.4, 0.5) is 5.69 Å². The molecule has 1 aliphatic rings. The van der Waals surface area contributed by atoms with Gasteiger partial charge in [0.25, 0.3) is 0 Å². The second-order valence-corrected chi connectivity index (χ2v) is 9.88. The van der Waals surface area contributed by atoms with E-state index in [1.54, 1.807) is 0 Å². The largest absolute Gasteiger partial charge is 0.457 e. The Morgan fingerprint density at radius 1 is 0.789 bits per heavy atom. The van der Waals surface area contributed by atoms with Gasteiger partial charge in [-0.15, -0.1) is 0 Å². The quantitative estimate of drug-likeness (QED) is 0.237. The Morgan fingerprint density at radius 2 is 1.50 bits per heavy atom. The molecule has 6 heteroatoms. The Hall–Kier alpha value is -4.42. The topological polar surface area (TPSA) is 42.3 Å². The first kappa shape index (κ1) is 23.9. The fraction of sp³-hybridized carbons (Fsp3) is 0.125. The summed E-state index contributed by atoms with van der Waals surface area (Å²) in [6.07, 6.45) is 3.95. The molecule has 1 aliphatic heterocycles. The van der Waals surface area contributed by atoms with Crippen LogP contribution >= 0.6 is 12.2 Å². The van der Waals surface area contributed by atoms with Crippen LogP contribution in [0.1, 0.15) is 34.6 Å². The minimum Gasteiger partial charge on any atom is -0.457 e. The summed E-state index contributed by atoms with van der Waals surface area (Å²) in [5.41, 5.74) is 6.61. The minimum absolute atomic E-state index is 0.115. The molecular weight excluding hydrogens is 488 g/mol. The van der Waals surface area contributed by atoms with Crippen LogP contribution in [0.5, 0.6) is 11.5 Å². The third kappa shape index (κ3) is 4.55. The molecule has 6 rings (SSSR count). The lowest BCUT2D eigenvalue weighted by Crippen LogP contribution is -2.30. The molecule has 0 aliphatic carbocycles. The van der Waals surface area contributed by atoms with Gasteiger partial charge in [0.2, 0.25) is 0 Å². The number of anilines is 1. The first-order chi connectivity index (χ1) is 18.6. The van der Waals surface area contributed by atoms with E-state index in [9.17, 15) is 0 Å². The molecule has 1 N–H and O–H groups in total. The summed E-state index contributed by atoms with van der Waals surface area (Å²) >= 11 is 5.93. The van der Waals surface area contributed by atoms with Crippen LogP contribution in [0.15, 0.2) is 116 Å². The van der Waals surface area contributed by atoms with Gasteiger partial charge in [-0.2, -0.15) is 0 Å². The Balaban J connectivity index is 1.40. The van der Waals surface area contributed by atoms with Crippen molar-refractivity contribution in [1.29, 1.82) is 0 Å². The molecule has 3 aromatic carbocycles. The van der Waals surface area contributed by atoms with E-state index in [1.807, 2.05) is 54.7 Å². The molecule has 188 valence electrons. The zero-order valence-electron chi connectivity index (χ0n) is 21.3. The van der Waals surface area contributed by atoms with Gasteiger partial charge in [0.05, 0.1) is 11.7 Å². The second-order valence-electron chi connectivity index (χ2n) is 9.50. The van der Waals surface area contributed by atoms with E-state index in [1.165, 1.54) is 11.1 Å². The number of ether oxygens (including phenoxy) is 1. The third-order valence-corrected chi connectivity index (χ3v) is 7.24. The molecule has 0 saturated carbocycles. The number of nitrogens with zero attached hydrogens (tertiary/aromatic N) is 3. The van der Waals surface area contributed by atoms with Gasteiger partial charge < -0.3 is 19.5 Å². The Bertz CT molecular complexity index is 1560. The van der Waals surface area contributed by atoms with Gasteiger partial charge in [-0.05, 0) is 98.4 Å². The van der Waals surface area contributed by atoms with E-state index in [0.717, 1.165) is 34.3 Å². The molecule has 1 fully saturated rings. The first-order valence-electron chi connectivity index (χ1n) is 12.7. The highest BCUT2D eigenvalue weighted by molar-refractivity contribution is 7.80. The number of aryl methyl sites for hydroxylation is 2. The predicted octanol–water partition coefficient (Wildman–Crippen LogP) is 7.46. The van der Waals surface area contributed by atoms with E-state index in [-0.39, 0.29) is 12.1 Å². The molecule has 5 aromatic rings. The van der Waals surface area contributed by atoms with E-state index >= 15 is 0 Å². The number of aromatic nitrogens is 2. The van der Waals surface area contributed by atoms with Crippen LogP contribution in [0.2, 0.25) is 0 Å². The van der Waals surface area contributed by atoms with Crippen molar-refractivity contribution in [2.24, 2.45) is 0 Å². The van der Waals surface area contributed by atoms with Crippen molar-refractivity contribution >= 4 is 23.0 Å². The molecule has 38 heavy (non-hydrogen) atoms. The van der Waals surface area contributed by atoms with Crippen LogP contribution in [0, 0.1) is 13.8 Å². The number of rotatable bonds is 6. The predicted molar refractivity (Wildman–Crippen MR) is 156 cm³/mol. The Morgan fingerprint density at radius 3 is 2.21 bits per heavy atom. The number of nitrogens with one attached hydrogen (secondary N) is 1. The van der Waals surface area contributed by atoms with Gasteiger partial charge in [-0.25, -0.2) is 0 Å². The third-order valence-electron chi connectivity index (χ3n) is 6.93. The lowest BCUT2D eigenvalue weighted by Gasteiger charge is -2.29. The highest BCUT2D eigenvalue weighted by Crippen LogP contribution is 2.42. The van der Waals surface area contributed by atoms with Crippen LogP contribution in [0.25, 0.3) is 5.69 Å². The number of hydrogen-bond donors (Lipinski definition) is 1. The number of benzene rings is 3. The average molecular weight is 517 g/mol. The van der Waals surface area contributed by atoms with Gasteiger partial charge >= 0.3 is 0 Å². The van der Waals surface area contributed by atoms with Gasteiger partial charge in [0, 0.05) is 29.5 Å². The van der Waals surface area contributed by atoms with E-state index in [2.05, 4.69) is 89.4 Å². The maximum absolute atomic E-state index is 6.08. The Labute approximate surface area is 228 Å². The van der Waals surface area contributed by atoms with E-state index in [4.69, 9.17) is 21.9 Å². The normalized spacial score (nSPS) is 16.9. The zero-order valence-corrected chi connectivity index (χ0v) is 22.1. The summed E-state index contributed by atoms with van der Waals surface area (Å²) in [4.78, 5) is 6.88. The van der Waals surface area contributed by atoms with E-state index in [0.29, 0.717) is 5.11 Å². The van der Waals surface area contributed by atoms with Gasteiger partial charge in [0.15, 0.2) is 5.11 Å². The molecule has 2 aromatic heterocycles. The minimum atomic E-state index is -0.121. The summed E-state index contributed by atoms with van der Waals surface area (Å²) in [6.45, 7) is 4.20. The molecule has 2 atom stereocenters. The monoisotopic (exact) mass is 516 g/mol. The number of pyridine rings is 1. The second kappa shape index (κ2) is 10.1. The molecule has 0 spiro atoms. The molecule has 0 unspecified atom stereocenters. The lowest BCUT2D eigenvalue weighted by atomic mass is 10.0. The molecule has 0 amide bonds. The highest BCUT2D eigenvalue weighted by atomic mass is 32.1. The van der Waals surface area contributed by atoms with Crippen molar-refractivity contribution < 1.29 is 4.74 Å². The van der Waals surface area contributed by atoms with Crippen molar-refractivity contribution in [3.8, 4) is 17.2 Å². The number of hydrogen-bond acceptors (Lipinski definition) is 3. The van der Waals surface area contributed by atoms with E-state index < -0.39 is 0 Å². The standard InChI is InChI=1S/C32H28N4OS/c1-22-12-16-25(17-13-22)37-26-18-14-24(15-19-26)36-31(30(34-32(36)38)27-9-5-6-20-33-27)29-11-7-21-35(29)28-10-4-3-8-23(28)2/h3-21,30-31H,1-2H3,(H,34,38)/t30-,31-/m0/s1. The maximum Gasteiger partial charge on any atom is 0.174 e. The molecule has 3 heterocycles. The van der Waals surface area contributed by atoms with Gasteiger partial charge in [-0.1, -0.05) is 42.0 Å². The fourth-order valence-corrected chi connectivity index (χ4v) is 5.38. The number of thiocarbonyl (C=S) groups is 1. The molecular formula is C32H28N4OS. The molecule has 1 saturated heterocycles. The number of para-hydroxylation sites is 1. The highest BCUT2D eigenvalue weighted by Gasteiger charge is 2.42. The van der Waals surface area contributed by atoms with Crippen LogP contribution in [-0.2, 0) is 0 Å². The van der Waals surface area contributed by atoms with Crippen molar-refractivity contribution in [1.82, 2.24) is 14.9 Å². The van der Waals surface area contributed by atoms with Crippen molar-refractivity contribution in [3.05, 3.63) is 138 Å². The first-order valence-corrected chi connectivity index (χ1v) is 13.1. The Kier molecular flexibility index (Phi) is 6.40. The molecule has 0 bridgehead atoms. The summed E-state index contributed by atoms with van der Waals surface area (Å²) in [5, 5.41) is 4.22. The van der Waals surface area contributed by atoms with Crippen molar-refractivity contribution in [2.75, 3.05) is 4.90 Å². The maximum atomic E-state index is 6.08. The van der Waals surface area contributed by atoms with Crippen LogP contribution < -0.4 is 15.0 Å². The smallest absolute Gasteiger partial charge is 0.174 e.